The van der Waals surface area contributed by atoms with Gasteiger partial charge in [-0.2, -0.15) is 5.26 Å². The molecule has 1 saturated carbocycles. The van der Waals surface area contributed by atoms with Crippen LogP contribution in [0.5, 0.6) is 0 Å². The number of likely N-dealkylation sites (tertiary alicyclic amines) is 1. The second-order valence-electron chi connectivity index (χ2n) is 7.99. The smallest absolute Gasteiger partial charge is 0.319 e. The minimum atomic E-state index is -0.583. The summed E-state index contributed by atoms with van der Waals surface area (Å²) >= 11 is 0. The normalized spacial score (nSPS) is 24.4. The molecule has 1 aliphatic heterocycles. The molecule has 5 heteroatoms. The van der Waals surface area contributed by atoms with Gasteiger partial charge in [0.25, 0.3) is 0 Å². The van der Waals surface area contributed by atoms with Gasteiger partial charge in [0.2, 0.25) is 0 Å². The maximum Gasteiger partial charge on any atom is 0.319 e. The second-order valence-corrected chi connectivity index (χ2v) is 7.99. The number of amides is 2. The molecule has 2 amide bonds. The molecule has 1 aliphatic carbocycles. The number of rotatable bonds is 4. The van der Waals surface area contributed by atoms with Crippen LogP contribution in [0.25, 0.3) is 11.1 Å². The number of nitrogens with zero attached hydrogens (tertiary/aromatic N) is 2. The first kappa shape index (κ1) is 19.5. The molecular formula is C24H27N3O2. The summed E-state index contributed by atoms with van der Waals surface area (Å²) in [5, 5.41) is 23.0. The lowest BCUT2D eigenvalue weighted by Crippen LogP contribution is -2.68. The fraction of sp³-hybridized carbons (Fsp3) is 0.417. The van der Waals surface area contributed by atoms with Crippen molar-refractivity contribution >= 4 is 6.03 Å². The molecular weight excluding hydrogens is 362 g/mol. The Morgan fingerprint density at radius 3 is 2.45 bits per heavy atom. The summed E-state index contributed by atoms with van der Waals surface area (Å²) < 4.78 is 0. The number of urea groups is 1. The van der Waals surface area contributed by atoms with Crippen LogP contribution in [0.1, 0.15) is 43.6 Å². The first-order valence-electron chi connectivity index (χ1n) is 10.5. The van der Waals surface area contributed by atoms with E-state index in [1.54, 1.807) is 4.90 Å². The van der Waals surface area contributed by atoms with E-state index in [-0.39, 0.29) is 24.6 Å². The minimum Gasteiger partial charge on any atom is -0.394 e. The van der Waals surface area contributed by atoms with Crippen molar-refractivity contribution in [2.75, 3.05) is 6.61 Å². The van der Waals surface area contributed by atoms with Gasteiger partial charge in [-0.05, 0) is 29.5 Å². The third-order valence-corrected chi connectivity index (χ3v) is 6.30. The molecule has 3 atom stereocenters. The lowest BCUT2D eigenvalue weighted by molar-refractivity contribution is 0.0155. The van der Waals surface area contributed by atoms with Gasteiger partial charge < -0.3 is 15.3 Å². The zero-order valence-electron chi connectivity index (χ0n) is 16.5. The summed E-state index contributed by atoms with van der Waals surface area (Å²) in [7, 11) is 0. The number of aliphatic hydroxyl groups excluding tert-OH is 1. The van der Waals surface area contributed by atoms with E-state index in [1.807, 2.05) is 54.6 Å². The Balaban J connectivity index is 1.59. The largest absolute Gasteiger partial charge is 0.394 e. The summed E-state index contributed by atoms with van der Waals surface area (Å²) in [5.74, 6) is -0.210. The van der Waals surface area contributed by atoms with Crippen molar-refractivity contribution in [3.8, 4) is 17.2 Å². The van der Waals surface area contributed by atoms with Crippen molar-refractivity contribution in [2.45, 2.75) is 56.1 Å². The van der Waals surface area contributed by atoms with Gasteiger partial charge in [-0.25, -0.2) is 4.79 Å². The Morgan fingerprint density at radius 1 is 1.07 bits per heavy atom. The van der Waals surface area contributed by atoms with Gasteiger partial charge in [0.05, 0.1) is 18.7 Å². The van der Waals surface area contributed by atoms with Crippen LogP contribution in [-0.2, 0) is 0 Å². The first-order valence-corrected chi connectivity index (χ1v) is 10.5. The van der Waals surface area contributed by atoms with Crippen molar-refractivity contribution in [3.63, 3.8) is 0 Å². The number of carbonyl (C=O) groups is 1. The molecule has 2 N–H and O–H groups in total. The van der Waals surface area contributed by atoms with E-state index < -0.39 is 12.1 Å². The number of carbonyl (C=O) groups excluding carboxylic acids is 1. The molecule has 0 unspecified atom stereocenters. The van der Waals surface area contributed by atoms with Crippen LogP contribution in [0.3, 0.4) is 0 Å². The molecule has 29 heavy (non-hydrogen) atoms. The molecule has 1 saturated heterocycles. The summed E-state index contributed by atoms with van der Waals surface area (Å²) in [6, 6.07) is 19.3. The number of hydrogen-bond donors (Lipinski definition) is 2. The van der Waals surface area contributed by atoms with Gasteiger partial charge in [0.1, 0.15) is 6.04 Å². The quantitative estimate of drug-likeness (QED) is 0.828. The zero-order chi connectivity index (χ0) is 20.2. The molecule has 1 heterocycles. The van der Waals surface area contributed by atoms with E-state index in [1.165, 1.54) is 6.42 Å². The molecule has 0 aromatic heterocycles. The van der Waals surface area contributed by atoms with Gasteiger partial charge >= 0.3 is 6.03 Å². The van der Waals surface area contributed by atoms with Gasteiger partial charge in [0.15, 0.2) is 0 Å². The third kappa shape index (κ3) is 3.73. The number of aliphatic hydroxyl groups is 1. The van der Waals surface area contributed by atoms with Crippen molar-refractivity contribution in [1.82, 2.24) is 10.2 Å². The van der Waals surface area contributed by atoms with E-state index in [2.05, 4.69) is 11.4 Å². The molecule has 2 fully saturated rings. The summed E-state index contributed by atoms with van der Waals surface area (Å²) in [5.41, 5.74) is 3.12. The Hall–Kier alpha value is -2.84. The average Bonchev–Trinajstić information content (AvgIpc) is 2.75. The topological polar surface area (TPSA) is 76.4 Å². The van der Waals surface area contributed by atoms with E-state index in [9.17, 15) is 15.2 Å². The zero-order valence-corrected chi connectivity index (χ0v) is 16.5. The third-order valence-electron chi connectivity index (χ3n) is 6.30. The summed E-state index contributed by atoms with van der Waals surface area (Å²) in [4.78, 5) is 14.5. The summed E-state index contributed by atoms with van der Waals surface area (Å²) in [6.45, 7) is -0.163. The highest BCUT2D eigenvalue weighted by molar-refractivity contribution is 5.79. The molecule has 2 aliphatic rings. The maximum absolute atomic E-state index is 12.9. The van der Waals surface area contributed by atoms with E-state index in [0.717, 1.165) is 42.4 Å². The molecule has 0 radical (unpaired) electrons. The van der Waals surface area contributed by atoms with E-state index in [4.69, 9.17) is 0 Å². The molecule has 150 valence electrons. The van der Waals surface area contributed by atoms with Crippen LogP contribution in [0, 0.1) is 11.3 Å². The fourth-order valence-electron chi connectivity index (χ4n) is 4.82. The Morgan fingerprint density at radius 2 is 1.76 bits per heavy atom. The van der Waals surface area contributed by atoms with Crippen molar-refractivity contribution in [1.29, 1.82) is 5.26 Å². The van der Waals surface area contributed by atoms with Crippen molar-refractivity contribution in [2.24, 2.45) is 0 Å². The van der Waals surface area contributed by atoms with Crippen molar-refractivity contribution < 1.29 is 9.90 Å². The lowest BCUT2D eigenvalue weighted by atomic mass is 9.73. The van der Waals surface area contributed by atoms with Crippen LogP contribution in [0.2, 0.25) is 0 Å². The molecule has 0 bridgehead atoms. The Labute approximate surface area is 172 Å². The van der Waals surface area contributed by atoms with Crippen LogP contribution in [0.15, 0.2) is 54.6 Å². The predicted octanol–water partition coefficient (Wildman–Crippen LogP) is 4.05. The predicted molar refractivity (Wildman–Crippen MR) is 112 cm³/mol. The molecule has 2 aromatic carbocycles. The van der Waals surface area contributed by atoms with E-state index >= 15 is 0 Å². The fourth-order valence-corrected chi connectivity index (χ4v) is 4.82. The van der Waals surface area contributed by atoms with Crippen LogP contribution in [0.4, 0.5) is 4.79 Å². The monoisotopic (exact) mass is 389 g/mol. The Bertz CT molecular complexity index is 886. The van der Waals surface area contributed by atoms with Gasteiger partial charge in [-0.3, -0.25) is 0 Å². The van der Waals surface area contributed by atoms with E-state index in [0.29, 0.717) is 0 Å². The SMILES string of the molecule is N#C[C@@H]1[C@@H](c2ccccc2-c2ccccc2)[C@@H](CO)N1C(=O)NC1CCCCC1. The van der Waals surface area contributed by atoms with Crippen molar-refractivity contribution in [3.05, 3.63) is 60.2 Å². The number of nitrogens with one attached hydrogen (secondary N) is 1. The van der Waals surface area contributed by atoms with Crippen LogP contribution >= 0.6 is 0 Å². The van der Waals surface area contributed by atoms with Gasteiger partial charge in [-0.15, -0.1) is 0 Å². The van der Waals surface area contributed by atoms with Crippen LogP contribution in [-0.4, -0.2) is 40.8 Å². The Kier molecular flexibility index (Phi) is 5.82. The average molecular weight is 389 g/mol. The highest BCUT2D eigenvalue weighted by Gasteiger charge is 2.52. The lowest BCUT2D eigenvalue weighted by Gasteiger charge is -2.52. The highest BCUT2D eigenvalue weighted by atomic mass is 16.3. The molecule has 4 rings (SSSR count). The summed E-state index contributed by atoms with van der Waals surface area (Å²) in [6.07, 6.45) is 5.45. The highest BCUT2D eigenvalue weighted by Crippen LogP contribution is 2.44. The first-order chi connectivity index (χ1) is 14.2. The van der Waals surface area contributed by atoms with Gasteiger partial charge in [0, 0.05) is 12.0 Å². The number of nitriles is 1. The second kappa shape index (κ2) is 8.67. The minimum absolute atomic E-state index is 0.163. The molecule has 0 spiro atoms. The maximum atomic E-state index is 12.9. The molecule has 2 aromatic rings. The van der Waals surface area contributed by atoms with Gasteiger partial charge in [-0.1, -0.05) is 73.9 Å². The standard InChI is InChI=1S/C24H27N3O2/c25-15-21-23(20-14-8-7-13-19(20)17-9-3-1-4-10-17)22(16-28)27(21)24(29)26-18-11-5-2-6-12-18/h1,3-4,7-10,13-14,18,21-23,28H,2,5-6,11-12,16H2,(H,26,29)/t21-,22-,23-/m1/s1. The van der Waals surface area contributed by atoms with Crippen LogP contribution < -0.4 is 5.32 Å². The number of benzene rings is 2. The number of hydrogen-bond acceptors (Lipinski definition) is 3. The molecule has 5 nitrogen and oxygen atoms in total.